The number of carbonyl (C=O) groups excluding carboxylic acids is 2. The van der Waals surface area contributed by atoms with E-state index in [0.717, 1.165) is 11.8 Å². The summed E-state index contributed by atoms with van der Waals surface area (Å²) in [5, 5.41) is 4.05. The minimum atomic E-state index is -0.490. The van der Waals surface area contributed by atoms with Crippen LogP contribution in [-0.4, -0.2) is 54.0 Å². The average molecular weight is 488 g/mol. The number of rotatable bonds is 10. The molecule has 0 aliphatic heterocycles. The lowest BCUT2D eigenvalue weighted by Gasteiger charge is -2.28. The van der Waals surface area contributed by atoms with Gasteiger partial charge in [-0.3, -0.25) is 14.2 Å². The van der Waals surface area contributed by atoms with Gasteiger partial charge in [0.05, 0.1) is 29.3 Å². The van der Waals surface area contributed by atoms with Crippen molar-refractivity contribution >= 4 is 34.5 Å². The highest BCUT2D eigenvalue weighted by Gasteiger charge is 2.42. The first-order valence-electron chi connectivity index (χ1n) is 11.9. The Morgan fingerprint density at radius 3 is 2.76 bits per heavy atom. The smallest absolute Gasteiger partial charge is 0.337 e. The van der Waals surface area contributed by atoms with Gasteiger partial charge in [-0.2, -0.15) is 0 Å². The van der Waals surface area contributed by atoms with Gasteiger partial charge in [-0.1, -0.05) is 18.2 Å². The van der Waals surface area contributed by atoms with Crippen molar-refractivity contribution in [3.63, 3.8) is 0 Å². The molecule has 1 aromatic heterocycles. The number of benzene rings is 1. The second kappa shape index (κ2) is 10.9. The lowest BCUT2D eigenvalue weighted by atomic mass is 9.84. The van der Waals surface area contributed by atoms with Crippen LogP contribution in [0.1, 0.15) is 49.4 Å². The Morgan fingerprint density at radius 1 is 1.26 bits per heavy atom. The summed E-state index contributed by atoms with van der Waals surface area (Å²) in [5.41, 5.74) is 0.539. The number of esters is 1. The summed E-state index contributed by atoms with van der Waals surface area (Å²) in [4.78, 5) is 42.6. The molecule has 2 saturated carbocycles. The number of nitrogens with zero attached hydrogens (tertiary/aromatic N) is 2. The van der Waals surface area contributed by atoms with Crippen molar-refractivity contribution in [2.24, 2.45) is 17.8 Å². The Morgan fingerprint density at radius 2 is 2.09 bits per heavy atom. The van der Waals surface area contributed by atoms with Crippen LogP contribution in [0.2, 0.25) is 0 Å². The highest BCUT2D eigenvalue weighted by atomic mass is 32.2. The Balaban J connectivity index is 1.51. The number of nitrogens with one attached hydrogen (secondary N) is 1. The predicted molar refractivity (Wildman–Crippen MR) is 131 cm³/mol. The molecule has 2 aliphatic rings. The Labute approximate surface area is 203 Å². The third kappa shape index (κ3) is 5.30. The van der Waals surface area contributed by atoms with Crippen molar-refractivity contribution in [2.75, 3.05) is 26.6 Å². The number of thioether (sulfide) groups is 1. The molecule has 8 nitrogen and oxygen atoms in total. The van der Waals surface area contributed by atoms with Crippen LogP contribution in [0.5, 0.6) is 0 Å². The maximum atomic E-state index is 13.2. The van der Waals surface area contributed by atoms with Gasteiger partial charge in [-0.25, -0.2) is 9.78 Å². The summed E-state index contributed by atoms with van der Waals surface area (Å²) in [5.74, 6) is 1.77. The fraction of sp³-hybridized carbons (Fsp3) is 0.600. The summed E-state index contributed by atoms with van der Waals surface area (Å²) in [6, 6.07) is 4.87. The Hall–Kier alpha value is -2.39. The normalized spacial score (nSPS) is 22.1. The molecule has 0 radical (unpaired) electrons. The van der Waals surface area contributed by atoms with Gasteiger partial charge < -0.3 is 14.8 Å². The zero-order valence-corrected chi connectivity index (χ0v) is 20.9. The number of hydrogen-bond donors (Lipinski definition) is 1. The fourth-order valence-electron chi connectivity index (χ4n) is 5.56. The van der Waals surface area contributed by atoms with Crippen LogP contribution >= 0.6 is 11.8 Å². The lowest BCUT2D eigenvalue weighted by Crippen LogP contribution is -2.41. The van der Waals surface area contributed by atoms with Crippen LogP contribution in [0.25, 0.3) is 10.9 Å². The summed E-state index contributed by atoms with van der Waals surface area (Å²) in [6.45, 7) is 3.05. The number of ether oxygens (including phenoxy) is 2. The van der Waals surface area contributed by atoms with Gasteiger partial charge in [0.1, 0.15) is 0 Å². The summed E-state index contributed by atoms with van der Waals surface area (Å²) < 4.78 is 11.5. The lowest BCUT2D eigenvalue weighted by molar-refractivity contribution is -0.119. The van der Waals surface area contributed by atoms with E-state index in [-0.39, 0.29) is 23.3 Å². The molecule has 1 N–H and O–H groups in total. The summed E-state index contributed by atoms with van der Waals surface area (Å²) >= 11 is 1.24. The van der Waals surface area contributed by atoms with E-state index in [2.05, 4.69) is 17.2 Å². The largest absolute Gasteiger partial charge is 0.465 e. The molecular weight excluding hydrogens is 454 g/mol. The average Bonchev–Trinajstić information content (AvgIpc) is 3.47. The standard InChI is InChI=1S/C25H33N3O5S/c1-15(20-12-16-5-6-17(20)11-16)26-22(29)14-34-25-27-21-13-18(24(31)33-3)7-8-19(21)23(30)28(25)9-4-10-32-2/h7-8,13,15-17,20H,4-6,9-12,14H2,1-3H3,(H,26,29)/t15-,16+,17+,20-/m1/s1. The van der Waals surface area contributed by atoms with Crippen LogP contribution in [0, 0.1) is 17.8 Å². The Kier molecular flexibility index (Phi) is 7.93. The topological polar surface area (TPSA) is 99.5 Å². The predicted octanol–water partition coefficient (Wildman–Crippen LogP) is 3.25. The summed E-state index contributed by atoms with van der Waals surface area (Å²) in [7, 11) is 2.93. The highest BCUT2D eigenvalue weighted by molar-refractivity contribution is 7.99. The molecule has 2 aliphatic carbocycles. The maximum absolute atomic E-state index is 13.2. The molecule has 184 valence electrons. The zero-order chi connectivity index (χ0) is 24.2. The molecule has 9 heteroatoms. The number of amides is 1. The van der Waals surface area contributed by atoms with Crippen LogP contribution in [0.3, 0.4) is 0 Å². The molecule has 2 bridgehead atoms. The molecule has 0 unspecified atom stereocenters. The van der Waals surface area contributed by atoms with Gasteiger partial charge in [-0.05, 0) is 68.6 Å². The molecule has 0 spiro atoms. The van der Waals surface area contributed by atoms with Crippen molar-refractivity contribution in [1.29, 1.82) is 0 Å². The molecule has 4 atom stereocenters. The van der Waals surface area contributed by atoms with E-state index in [0.29, 0.717) is 47.1 Å². The van der Waals surface area contributed by atoms with Gasteiger partial charge in [0, 0.05) is 26.3 Å². The molecule has 1 heterocycles. The van der Waals surface area contributed by atoms with Crippen molar-refractivity contribution in [3.8, 4) is 0 Å². The van der Waals surface area contributed by atoms with Crippen LogP contribution in [0.15, 0.2) is 28.2 Å². The number of carbonyl (C=O) groups is 2. The third-order valence-electron chi connectivity index (χ3n) is 7.23. The highest BCUT2D eigenvalue weighted by Crippen LogP contribution is 2.49. The van der Waals surface area contributed by atoms with Gasteiger partial charge in [0.15, 0.2) is 5.16 Å². The third-order valence-corrected chi connectivity index (χ3v) is 8.20. The van der Waals surface area contributed by atoms with E-state index in [1.165, 1.54) is 44.6 Å². The molecule has 2 aromatic rings. The number of fused-ring (bicyclic) bond motifs is 3. The van der Waals surface area contributed by atoms with E-state index < -0.39 is 5.97 Å². The van der Waals surface area contributed by atoms with E-state index in [9.17, 15) is 14.4 Å². The zero-order valence-electron chi connectivity index (χ0n) is 20.0. The number of aromatic nitrogens is 2. The first kappa shape index (κ1) is 24.7. The molecular formula is C25H33N3O5S. The van der Waals surface area contributed by atoms with Gasteiger partial charge in [0.25, 0.3) is 5.56 Å². The minimum absolute atomic E-state index is 0.0543. The molecule has 1 amide bonds. The van der Waals surface area contributed by atoms with Gasteiger partial charge in [-0.15, -0.1) is 0 Å². The molecule has 0 saturated heterocycles. The number of hydrogen-bond acceptors (Lipinski definition) is 7. The second-order valence-electron chi connectivity index (χ2n) is 9.40. The van der Waals surface area contributed by atoms with Crippen molar-refractivity contribution in [1.82, 2.24) is 14.9 Å². The van der Waals surface area contributed by atoms with Crippen LogP contribution < -0.4 is 10.9 Å². The van der Waals surface area contributed by atoms with E-state index in [1.54, 1.807) is 29.9 Å². The van der Waals surface area contributed by atoms with Crippen molar-refractivity contribution in [3.05, 3.63) is 34.1 Å². The number of methoxy groups -OCH3 is 2. The van der Waals surface area contributed by atoms with Gasteiger partial charge in [0.2, 0.25) is 5.91 Å². The SMILES string of the molecule is COCCCn1c(SCC(=O)N[C@H](C)[C@H]2C[C@H]3CC[C@H]2C3)nc2cc(C(=O)OC)ccc2c1=O. The summed E-state index contributed by atoms with van der Waals surface area (Å²) in [6.07, 6.45) is 5.79. The van der Waals surface area contributed by atoms with E-state index in [4.69, 9.17) is 9.47 Å². The van der Waals surface area contributed by atoms with Crippen molar-refractivity contribution in [2.45, 2.75) is 56.8 Å². The molecule has 2 fully saturated rings. The van der Waals surface area contributed by atoms with Crippen molar-refractivity contribution < 1.29 is 19.1 Å². The van der Waals surface area contributed by atoms with E-state index in [1.807, 2.05) is 0 Å². The maximum Gasteiger partial charge on any atom is 0.337 e. The monoisotopic (exact) mass is 487 g/mol. The van der Waals surface area contributed by atoms with Crippen LogP contribution in [-0.2, 0) is 20.8 Å². The second-order valence-corrected chi connectivity index (χ2v) is 10.3. The van der Waals surface area contributed by atoms with E-state index >= 15 is 0 Å². The van der Waals surface area contributed by atoms with Gasteiger partial charge >= 0.3 is 5.97 Å². The molecule has 1 aromatic carbocycles. The minimum Gasteiger partial charge on any atom is -0.465 e. The van der Waals surface area contributed by atoms with Crippen LogP contribution in [0.4, 0.5) is 0 Å². The molecule has 34 heavy (non-hydrogen) atoms. The molecule has 4 rings (SSSR count). The first-order valence-corrected chi connectivity index (χ1v) is 12.9. The Bertz CT molecular complexity index is 1120. The fourth-order valence-corrected chi connectivity index (χ4v) is 6.40. The quantitative estimate of drug-likeness (QED) is 0.238. The first-order chi connectivity index (χ1) is 16.4.